The quantitative estimate of drug-likeness (QED) is 0.682. The predicted octanol–water partition coefficient (Wildman–Crippen LogP) is 3.25. The SMILES string of the molecule is Cc1cnc(-c2ccncc2)n1C1CCN(C(=O)COc2ccc(F)cc2)C1. The molecule has 3 heterocycles. The van der Waals surface area contributed by atoms with Crippen LogP contribution in [0, 0.1) is 12.7 Å². The minimum Gasteiger partial charge on any atom is -0.484 e. The number of carbonyl (C=O) groups excluding carboxylic acids is 1. The van der Waals surface area contributed by atoms with E-state index in [4.69, 9.17) is 4.74 Å². The van der Waals surface area contributed by atoms with Crippen LogP contribution in [0.5, 0.6) is 5.75 Å². The van der Waals surface area contributed by atoms with Crippen molar-refractivity contribution in [3.8, 4) is 17.1 Å². The Morgan fingerprint density at radius 2 is 1.96 bits per heavy atom. The normalized spacial score (nSPS) is 16.4. The van der Waals surface area contributed by atoms with E-state index in [2.05, 4.69) is 14.5 Å². The zero-order chi connectivity index (χ0) is 19.5. The second-order valence-electron chi connectivity index (χ2n) is 6.85. The van der Waals surface area contributed by atoms with Crippen molar-refractivity contribution in [3.63, 3.8) is 0 Å². The first-order chi connectivity index (χ1) is 13.6. The van der Waals surface area contributed by atoms with E-state index in [-0.39, 0.29) is 24.4 Å². The zero-order valence-electron chi connectivity index (χ0n) is 15.6. The number of likely N-dealkylation sites (tertiary alicyclic amines) is 1. The van der Waals surface area contributed by atoms with Gasteiger partial charge in [0, 0.05) is 42.9 Å². The van der Waals surface area contributed by atoms with E-state index >= 15 is 0 Å². The van der Waals surface area contributed by atoms with Crippen molar-refractivity contribution in [3.05, 3.63) is 66.5 Å². The number of nitrogens with zero attached hydrogens (tertiary/aromatic N) is 4. The van der Waals surface area contributed by atoms with Gasteiger partial charge in [0.2, 0.25) is 0 Å². The summed E-state index contributed by atoms with van der Waals surface area (Å²) in [6.45, 7) is 3.25. The van der Waals surface area contributed by atoms with Crippen LogP contribution in [0.4, 0.5) is 4.39 Å². The molecule has 7 heteroatoms. The first-order valence-corrected chi connectivity index (χ1v) is 9.22. The molecule has 1 aliphatic rings. The van der Waals surface area contributed by atoms with Crippen LogP contribution in [0.25, 0.3) is 11.4 Å². The van der Waals surface area contributed by atoms with Crippen molar-refractivity contribution in [2.75, 3.05) is 19.7 Å². The van der Waals surface area contributed by atoms with Gasteiger partial charge in [0.1, 0.15) is 17.4 Å². The maximum atomic E-state index is 13.0. The number of amides is 1. The highest BCUT2D eigenvalue weighted by atomic mass is 19.1. The van der Waals surface area contributed by atoms with Crippen molar-refractivity contribution in [1.29, 1.82) is 0 Å². The lowest BCUT2D eigenvalue weighted by atomic mass is 10.2. The third-order valence-electron chi connectivity index (χ3n) is 4.98. The first-order valence-electron chi connectivity index (χ1n) is 9.22. The van der Waals surface area contributed by atoms with Crippen LogP contribution in [0.15, 0.2) is 55.0 Å². The molecule has 2 aromatic heterocycles. The summed E-state index contributed by atoms with van der Waals surface area (Å²) in [6.07, 6.45) is 6.22. The lowest BCUT2D eigenvalue weighted by Gasteiger charge is -2.20. The average Bonchev–Trinajstić information content (AvgIpc) is 3.34. The van der Waals surface area contributed by atoms with Crippen molar-refractivity contribution in [1.82, 2.24) is 19.4 Å². The summed E-state index contributed by atoms with van der Waals surface area (Å²) >= 11 is 0. The van der Waals surface area contributed by atoms with Crippen LogP contribution >= 0.6 is 0 Å². The third-order valence-corrected chi connectivity index (χ3v) is 4.98. The molecule has 3 aromatic rings. The average molecular weight is 380 g/mol. The molecule has 0 radical (unpaired) electrons. The monoisotopic (exact) mass is 380 g/mol. The van der Waals surface area contributed by atoms with E-state index in [1.807, 2.05) is 30.2 Å². The van der Waals surface area contributed by atoms with Gasteiger partial charge in [-0.05, 0) is 49.7 Å². The Morgan fingerprint density at radius 1 is 1.21 bits per heavy atom. The molecule has 1 unspecified atom stereocenters. The molecule has 0 saturated carbocycles. The van der Waals surface area contributed by atoms with Gasteiger partial charge < -0.3 is 14.2 Å². The fraction of sp³-hybridized carbons (Fsp3) is 0.286. The molecular weight excluding hydrogens is 359 g/mol. The molecular formula is C21H21FN4O2. The summed E-state index contributed by atoms with van der Waals surface area (Å²) in [5.41, 5.74) is 2.07. The van der Waals surface area contributed by atoms with Gasteiger partial charge in [0.25, 0.3) is 5.91 Å². The number of benzene rings is 1. The molecule has 0 bridgehead atoms. The van der Waals surface area contributed by atoms with Crippen LogP contribution in [-0.4, -0.2) is 45.0 Å². The molecule has 1 amide bonds. The molecule has 6 nitrogen and oxygen atoms in total. The van der Waals surface area contributed by atoms with E-state index in [1.54, 1.807) is 12.4 Å². The fourth-order valence-corrected chi connectivity index (χ4v) is 3.57. The smallest absolute Gasteiger partial charge is 0.260 e. The highest BCUT2D eigenvalue weighted by molar-refractivity contribution is 5.78. The third kappa shape index (κ3) is 3.74. The molecule has 1 fully saturated rings. The minimum absolute atomic E-state index is 0.0571. The van der Waals surface area contributed by atoms with E-state index in [0.717, 1.165) is 23.5 Å². The summed E-state index contributed by atoms with van der Waals surface area (Å²) < 4.78 is 20.6. The summed E-state index contributed by atoms with van der Waals surface area (Å²) in [5, 5.41) is 0. The van der Waals surface area contributed by atoms with Crippen molar-refractivity contribution < 1.29 is 13.9 Å². The van der Waals surface area contributed by atoms with E-state index in [0.29, 0.717) is 18.8 Å². The van der Waals surface area contributed by atoms with Gasteiger partial charge in [-0.2, -0.15) is 0 Å². The van der Waals surface area contributed by atoms with E-state index in [1.165, 1.54) is 24.3 Å². The highest BCUT2D eigenvalue weighted by Gasteiger charge is 2.30. The van der Waals surface area contributed by atoms with Crippen LogP contribution in [-0.2, 0) is 4.79 Å². The summed E-state index contributed by atoms with van der Waals surface area (Å²) in [7, 11) is 0. The van der Waals surface area contributed by atoms with Crippen LogP contribution in [0.1, 0.15) is 18.2 Å². The van der Waals surface area contributed by atoms with E-state index < -0.39 is 0 Å². The number of pyridine rings is 1. The molecule has 0 spiro atoms. The number of imidazole rings is 1. The minimum atomic E-state index is -0.332. The van der Waals surface area contributed by atoms with Crippen molar-refractivity contribution in [2.24, 2.45) is 0 Å². The molecule has 28 heavy (non-hydrogen) atoms. The Balaban J connectivity index is 1.42. The number of aromatic nitrogens is 3. The zero-order valence-corrected chi connectivity index (χ0v) is 15.6. The Morgan fingerprint density at radius 3 is 2.71 bits per heavy atom. The second-order valence-corrected chi connectivity index (χ2v) is 6.85. The molecule has 1 aliphatic heterocycles. The largest absolute Gasteiger partial charge is 0.484 e. The van der Waals surface area contributed by atoms with Gasteiger partial charge in [-0.25, -0.2) is 9.37 Å². The van der Waals surface area contributed by atoms with Gasteiger partial charge >= 0.3 is 0 Å². The van der Waals surface area contributed by atoms with Gasteiger partial charge in [0.05, 0.1) is 6.04 Å². The maximum absolute atomic E-state index is 13.0. The molecule has 1 saturated heterocycles. The summed E-state index contributed by atoms with van der Waals surface area (Å²) in [5.74, 6) is 0.967. The van der Waals surface area contributed by atoms with E-state index in [9.17, 15) is 9.18 Å². The van der Waals surface area contributed by atoms with Crippen LogP contribution < -0.4 is 4.74 Å². The summed E-state index contributed by atoms with van der Waals surface area (Å²) in [6, 6.07) is 9.71. The Labute approximate surface area is 162 Å². The molecule has 4 rings (SSSR count). The number of ether oxygens (including phenoxy) is 1. The van der Waals surface area contributed by atoms with Crippen molar-refractivity contribution in [2.45, 2.75) is 19.4 Å². The number of rotatable bonds is 5. The van der Waals surface area contributed by atoms with Crippen LogP contribution in [0.3, 0.4) is 0 Å². The number of halogens is 1. The Kier molecular flexibility index (Phi) is 5.06. The maximum Gasteiger partial charge on any atom is 0.260 e. The number of hydrogen-bond donors (Lipinski definition) is 0. The van der Waals surface area contributed by atoms with Crippen molar-refractivity contribution >= 4 is 5.91 Å². The molecule has 0 aliphatic carbocycles. The van der Waals surface area contributed by atoms with Crippen LogP contribution in [0.2, 0.25) is 0 Å². The highest BCUT2D eigenvalue weighted by Crippen LogP contribution is 2.29. The number of hydrogen-bond acceptors (Lipinski definition) is 4. The topological polar surface area (TPSA) is 60.2 Å². The van der Waals surface area contributed by atoms with Gasteiger partial charge in [-0.15, -0.1) is 0 Å². The second kappa shape index (κ2) is 7.80. The van der Waals surface area contributed by atoms with Gasteiger partial charge in [-0.1, -0.05) is 0 Å². The predicted molar refractivity (Wildman–Crippen MR) is 102 cm³/mol. The Bertz CT molecular complexity index is 956. The number of aryl methyl sites for hydroxylation is 1. The first kappa shape index (κ1) is 18.2. The standard InChI is InChI=1S/C21H21FN4O2/c1-15-12-24-21(16-6-9-23-10-7-16)26(15)18-8-11-25(13-18)20(27)14-28-19-4-2-17(22)3-5-19/h2-7,9-10,12,18H,8,11,13-14H2,1H3. The summed E-state index contributed by atoms with van der Waals surface area (Å²) in [4.78, 5) is 23.0. The molecule has 1 atom stereocenters. The fourth-order valence-electron chi connectivity index (χ4n) is 3.57. The van der Waals surface area contributed by atoms with Gasteiger partial charge in [-0.3, -0.25) is 9.78 Å². The van der Waals surface area contributed by atoms with Gasteiger partial charge in [0.15, 0.2) is 6.61 Å². The lowest BCUT2D eigenvalue weighted by molar-refractivity contribution is -0.132. The lowest BCUT2D eigenvalue weighted by Crippen LogP contribution is -2.33. The molecule has 0 N–H and O–H groups in total. The molecule has 1 aromatic carbocycles. The molecule has 144 valence electrons. The number of carbonyl (C=O) groups is 1. The Hall–Kier alpha value is -3.22.